The van der Waals surface area contributed by atoms with Gasteiger partial charge in [-0.15, -0.1) is 0 Å². The lowest BCUT2D eigenvalue weighted by Crippen LogP contribution is -2.49. The first-order valence-corrected chi connectivity index (χ1v) is 6.70. The van der Waals surface area contributed by atoms with Crippen LogP contribution < -0.4 is 11.1 Å². The maximum absolute atomic E-state index is 12.0. The van der Waals surface area contributed by atoms with Crippen LogP contribution in [0, 0.1) is 5.92 Å². The largest absolute Gasteiger partial charge is 0.352 e. The van der Waals surface area contributed by atoms with E-state index in [1.54, 1.807) is 0 Å². The van der Waals surface area contributed by atoms with E-state index in [0.717, 1.165) is 19.5 Å². The number of rotatable bonds is 8. The number of nitrogens with two attached hydrogens (primary N) is 1. The highest BCUT2D eigenvalue weighted by atomic mass is 16.2. The summed E-state index contributed by atoms with van der Waals surface area (Å²) in [5.41, 5.74) is 5.63. The molecule has 0 saturated carbocycles. The van der Waals surface area contributed by atoms with Crippen LogP contribution in [0.15, 0.2) is 0 Å². The predicted octanol–water partition coefficient (Wildman–Crippen LogP) is 1.21. The summed E-state index contributed by atoms with van der Waals surface area (Å²) < 4.78 is 0. The Bertz CT molecular complexity index is 221. The number of likely N-dealkylation sites (N-methyl/N-ethyl adjacent to an activating group) is 1. The normalized spacial score (nSPS) is 16.6. The third-order valence-electron chi connectivity index (χ3n) is 3.28. The van der Waals surface area contributed by atoms with Gasteiger partial charge in [0.15, 0.2) is 0 Å². The van der Waals surface area contributed by atoms with E-state index in [9.17, 15) is 4.79 Å². The number of carbonyl (C=O) groups excluding carboxylic acids is 1. The fourth-order valence-corrected chi connectivity index (χ4v) is 1.67. The number of nitrogens with zero attached hydrogens (tertiary/aromatic N) is 1. The molecule has 0 spiro atoms. The number of hydrogen-bond donors (Lipinski definition) is 2. The Morgan fingerprint density at radius 3 is 2.29 bits per heavy atom. The summed E-state index contributed by atoms with van der Waals surface area (Å²) in [6.45, 7) is 12.7. The van der Waals surface area contributed by atoms with E-state index in [1.165, 1.54) is 0 Å². The highest BCUT2D eigenvalue weighted by molar-refractivity contribution is 5.81. The standard InChI is InChI=1S/C13H29N3O/c1-6-11(4)15-13(17)12(5)16(7-2)9-10(3)8-14/h10-12H,6-9,14H2,1-5H3,(H,15,17). The van der Waals surface area contributed by atoms with Gasteiger partial charge < -0.3 is 11.1 Å². The van der Waals surface area contributed by atoms with Crippen molar-refractivity contribution in [1.29, 1.82) is 0 Å². The molecule has 0 aliphatic carbocycles. The van der Waals surface area contributed by atoms with Gasteiger partial charge in [0.05, 0.1) is 6.04 Å². The van der Waals surface area contributed by atoms with Crippen LogP contribution in [-0.2, 0) is 4.79 Å². The zero-order valence-electron chi connectivity index (χ0n) is 12.0. The summed E-state index contributed by atoms with van der Waals surface area (Å²) in [4.78, 5) is 14.2. The zero-order chi connectivity index (χ0) is 13.4. The van der Waals surface area contributed by atoms with Gasteiger partial charge in [-0.25, -0.2) is 0 Å². The molecule has 0 bridgehead atoms. The highest BCUT2D eigenvalue weighted by Crippen LogP contribution is 2.05. The minimum Gasteiger partial charge on any atom is -0.352 e. The number of amides is 1. The van der Waals surface area contributed by atoms with Gasteiger partial charge in [-0.05, 0) is 39.3 Å². The van der Waals surface area contributed by atoms with Crippen molar-refractivity contribution >= 4 is 5.91 Å². The Morgan fingerprint density at radius 2 is 1.88 bits per heavy atom. The highest BCUT2D eigenvalue weighted by Gasteiger charge is 2.21. The quantitative estimate of drug-likeness (QED) is 0.673. The molecular weight excluding hydrogens is 214 g/mol. The summed E-state index contributed by atoms with van der Waals surface area (Å²) in [5, 5.41) is 3.02. The number of nitrogens with one attached hydrogen (secondary N) is 1. The van der Waals surface area contributed by atoms with Crippen LogP contribution in [0.5, 0.6) is 0 Å². The van der Waals surface area contributed by atoms with E-state index in [4.69, 9.17) is 5.73 Å². The second kappa shape index (κ2) is 8.48. The molecule has 4 nitrogen and oxygen atoms in total. The van der Waals surface area contributed by atoms with Crippen LogP contribution in [0.4, 0.5) is 0 Å². The van der Waals surface area contributed by atoms with E-state index in [1.807, 2.05) is 13.8 Å². The topological polar surface area (TPSA) is 58.4 Å². The summed E-state index contributed by atoms with van der Waals surface area (Å²) in [5.74, 6) is 0.541. The van der Waals surface area contributed by atoms with Crippen molar-refractivity contribution < 1.29 is 4.79 Å². The molecule has 0 saturated heterocycles. The first kappa shape index (κ1) is 16.4. The average Bonchev–Trinajstić information content (AvgIpc) is 2.34. The lowest BCUT2D eigenvalue weighted by molar-refractivity contribution is -0.126. The monoisotopic (exact) mass is 243 g/mol. The van der Waals surface area contributed by atoms with Crippen LogP contribution in [0.3, 0.4) is 0 Å². The van der Waals surface area contributed by atoms with Gasteiger partial charge in [0.1, 0.15) is 0 Å². The Balaban J connectivity index is 4.31. The van der Waals surface area contributed by atoms with Crippen LogP contribution >= 0.6 is 0 Å². The fraction of sp³-hybridized carbons (Fsp3) is 0.923. The summed E-state index contributed by atoms with van der Waals surface area (Å²) in [7, 11) is 0. The molecule has 102 valence electrons. The Kier molecular flexibility index (Phi) is 8.17. The molecule has 0 aliphatic heterocycles. The van der Waals surface area contributed by atoms with Gasteiger partial charge in [0, 0.05) is 12.6 Å². The van der Waals surface area contributed by atoms with Crippen molar-refractivity contribution in [3.8, 4) is 0 Å². The first-order chi connectivity index (χ1) is 7.96. The first-order valence-electron chi connectivity index (χ1n) is 6.70. The molecule has 4 heteroatoms. The van der Waals surface area contributed by atoms with E-state index in [-0.39, 0.29) is 18.0 Å². The molecule has 0 heterocycles. The average molecular weight is 243 g/mol. The zero-order valence-corrected chi connectivity index (χ0v) is 12.0. The predicted molar refractivity (Wildman–Crippen MR) is 72.8 cm³/mol. The Labute approximate surface area is 106 Å². The number of carbonyl (C=O) groups is 1. The van der Waals surface area contributed by atoms with Crippen LogP contribution in [0.25, 0.3) is 0 Å². The molecule has 3 atom stereocenters. The van der Waals surface area contributed by atoms with Gasteiger partial charge >= 0.3 is 0 Å². The molecular formula is C13H29N3O. The van der Waals surface area contributed by atoms with Gasteiger partial charge in [0.2, 0.25) is 5.91 Å². The number of hydrogen-bond acceptors (Lipinski definition) is 3. The minimum atomic E-state index is -0.0806. The van der Waals surface area contributed by atoms with E-state index in [0.29, 0.717) is 12.5 Å². The van der Waals surface area contributed by atoms with Crippen LogP contribution in [-0.4, -0.2) is 42.5 Å². The third kappa shape index (κ3) is 6.03. The lowest BCUT2D eigenvalue weighted by Gasteiger charge is -2.30. The van der Waals surface area contributed by atoms with Crippen molar-refractivity contribution in [2.75, 3.05) is 19.6 Å². The molecule has 0 rings (SSSR count). The molecule has 3 unspecified atom stereocenters. The van der Waals surface area contributed by atoms with Crippen LogP contribution in [0.2, 0.25) is 0 Å². The maximum Gasteiger partial charge on any atom is 0.237 e. The lowest BCUT2D eigenvalue weighted by atomic mass is 10.1. The Morgan fingerprint density at radius 1 is 1.29 bits per heavy atom. The second-order valence-electron chi connectivity index (χ2n) is 4.92. The second-order valence-corrected chi connectivity index (χ2v) is 4.92. The third-order valence-corrected chi connectivity index (χ3v) is 3.28. The molecule has 0 aromatic heterocycles. The van der Waals surface area contributed by atoms with Crippen molar-refractivity contribution in [3.05, 3.63) is 0 Å². The van der Waals surface area contributed by atoms with E-state index < -0.39 is 0 Å². The molecule has 1 amide bonds. The molecule has 17 heavy (non-hydrogen) atoms. The van der Waals surface area contributed by atoms with Gasteiger partial charge in [-0.1, -0.05) is 20.8 Å². The van der Waals surface area contributed by atoms with Crippen molar-refractivity contribution in [1.82, 2.24) is 10.2 Å². The summed E-state index contributed by atoms with van der Waals surface area (Å²) >= 11 is 0. The van der Waals surface area contributed by atoms with Crippen LogP contribution in [0.1, 0.15) is 41.0 Å². The molecule has 3 N–H and O–H groups in total. The van der Waals surface area contributed by atoms with Gasteiger partial charge in [-0.2, -0.15) is 0 Å². The van der Waals surface area contributed by atoms with Gasteiger partial charge in [0.25, 0.3) is 0 Å². The SMILES string of the molecule is CCC(C)NC(=O)C(C)N(CC)CC(C)CN. The van der Waals surface area contributed by atoms with Crippen molar-refractivity contribution in [2.45, 2.75) is 53.1 Å². The molecule has 0 radical (unpaired) electrons. The van der Waals surface area contributed by atoms with Crippen molar-refractivity contribution in [2.24, 2.45) is 11.7 Å². The smallest absolute Gasteiger partial charge is 0.237 e. The summed E-state index contributed by atoms with van der Waals surface area (Å²) in [6, 6.07) is 0.165. The molecule has 0 fully saturated rings. The molecule has 0 aliphatic rings. The Hall–Kier alpha value is -0.610. The minimum absolute atomic E-state index is 0.0806. The maximum atomic E-state index is 12.0. The van der Waals surface area contributed by atoms with Crippen molar-refractivity contribution in [3.63, 3.8) is 0 Å². The van der Waals surface area contributed by atoms with Gasteiger partial charge in [-0.3, -0.25) is 9.69 Å². The molecule has 0 aromatic carbocycles. The van der Waals surface area contributed by atoms with E-state index in [2.05, 4.69) is 31.0 Å². The fourth-order valence-electron chi connectivity index (χ4n) is 1.67. The van der Waals surface area contributed by atoms with E-state index >= 15 is 0 Å². The molecule has 0 aromatic rings. The summed E-state index contributed by atoms with van der Waals surface area (Å²) in [6.07, 6.45) is 0.962.